The van der Waals surface area contributed by atoms with Crippen molar-refractivity contribution < 1.29 is 24.2 Å². The van der Waals surface area contributed by atoms with Crippen molar-refractivity contribution in [3.8, 4) is 11.1 Å². The predicted octanol–water partition coefficient (Wildman–Crippen LogP) is 4.36. The van der Waals surface area contributed by atoms with Gasteiger partial charge >= 0.3 is 12.1 Å². The molecule has 2 aromatic rings. The highest BCUT2D eigenvalue weighted by Gasteiger charge is 2.38. The number of likely N-dealkylation sites (tertiary alicyclic amines) is 1. The number of piperidine rings is 1. The molecule has 3 atom stereocenters. The maximum atomic E-state index is 13.4. The number of benzene rings is 2. The molecule has 1 fully saturated rings. The molecular formula is C27H32N2O5S. The Morgan fingerprint density at radius 3 is 2.34 bits per heavy atom. The Kier molecular flexibility index (Phi) is 8.00. The normalized spacial score (nSPS) is 20.0. The van der Waals surface area contributed by atoms with Crippen LogP contribution < -0.4 is 5.32 Å². The summed E-state index contributed by atoms with van der Waals surface area (Å²) >= 11 is 1.59. The molecule has 1 unspecified atom stereocenters. The minimum absolute atomic E-state index is 0.0630. The lowest BCUT2D eigenvalue weighted by Gasteiger charge is -2.39. The maximum Gasteiger partial charge on any atom is 0.407 e. The Bertz CT molecular complexity index is 1050. The van der Waals surface area contributed by atoms with Crippen LogP contribution in [0.2, 0.25) is 0 Å². The second kappa shape index (κ2) is 11.2. The number of carboxylic acid groups (broad SMARTS) is 1. The van der Waals surface area contributed by atoms with Gasteiger partial charge in [-0.15, -0.1) is 0 Å². The van der Waals surface area contributed by atoms with Crippen molar-refractivity contribution in [3.05, 3.63) is 59.7 Å². The number of hydrogen-bond donors (Lipinski definition) is 2. The van der Waals surface area contributed by atoms with E-state index in [-0.39, 0.29) is 18.4 Å². The van der Waals surface area contributed by atoms with Gasteiger partial charge in [-0.05, 0) is 60.4 Å². The first kappa shape index (κ1) is 25.1. The molecule has 2 aromatic carbocycles. The second-order valence-corrected chi connectivity index (χ2v) is 10.1. The molecule has 1 heterocycles. The van der Waals surface area contributed by atoms with Gasteiger partial charge in [-0.2, -0.15) is 11.8 Å². The van der Waals surface area contributed by atoms with Gasteiger partial charge in [0.2, 0.25) is 5.91 Å². The van der Waals surface area contributed by atoms with E-state index in [0.717, 1.165) is 22.3 Å². The van der Waals surface area contributed by atoms with Crippen molar-refractivity contribution in [1.82, 2.24) is 10.2 Å². The Morgan fingerprint density at radius 1 is 1.11 bits per heavy atom. The number of carbonyl (C=O) groups is 3. The van der Waals surface area contributed by atoms with Crippen LogP contribution in [0.1, 0.15) is 43.2 Å². The number of amides is 2. The molecule has 2 N–H and O–H groups in total. The van der Waals surface area contributed by atoms with Crippen molar-refractivity contribution in [3.63, 3.8) is 0 Å². The zero-order valence-electron chi connectivity index (χ0n) is 20.1. The Morgan fingerprint density at radius 2 is 1.74 bits per heavy atom. The molecule has 1 aliphatic heterocycles. The van der Waals surface area contributed by atoms with Crippen LogP contribution in [0.5, 0.6) is 0 Å². The van der Waals surface area contributed by atoms with Gasteiger partial charge in [-0.25, -0.2) is 4.79 Å². The average molecular weight is 497 g/mol. The van der Waals surface area contributed by atoms with E-state index in [4.69, 9.17) is 4.74 Å². The molecule has 0 radical (unpaired) electrons. The SMILES string of the molecule is CSCCC(NC(=O)OCC1c2ccccc2-c2ccccc21)C(=O)N1CCC[C@H](C(=O)O)[C@@H]1C. The molecule has 2 aliphatic rings. The fraction of sp³-hybridized carbons (Fsp3) is 0.444. The number of nitrogens with one attached hydrogen (secondary N) is 1. The number of carbonyl (C=O) groups excluding carboxylic acids is 2. The molecule has 1 aliphatic carbocycles. The number of alkyl carbamates (subject to hydrolysis) is 1. The lowest BCUT2D eigenvalue weighted by molar-refractivity contribution is -0.149. The van der Waals surface area contributed by atoms with Crippen molar-refractivity contribution in [2.24, 2.45) is 5.92 Å². The molecule has 4 rings (SSSR count). The number of ether oxygens (including phenoxy) is 1. The molecule has 0 bridgehead atoms. The number of hydrogen-bond acceptors (Lipinski definition) is 5. The van der Waals surface area contributed by atoms with Gasteiger partial charge in [0.1, 0.15) is 12.6 Å². The van der Waals surface area contributed by atoms with Crippen LogP contribution in [0.4, 0.5) is 4.79 Å². The minimum atomic E-state index is -0.889. The van der Waals surface area contributed by atoms with Crippen LogP contribution in [0, 0.1) is 5.92 Å². The lowest BCUT2D eigenvalue weighted by Crippen LogP contribution is -2.56. The van der Waals surface area contributed by atoms with E-state index in [0.29, 0.717) is 31.6 Å². The summed E-state index contributed by atoms with van der Waals surface area (Å²) in [6, 6.07) is 15.1. The van der Waals surface area contributed by atoms with E-state index in [9.17, 15) is 19.5 Å². The molecule has 186 valence electrons. The number of carboxylic acids is 1. The van der Waals surface area contributed by atoms with Gasteiger partial charge in [-0.3, -0.25) is 9.59 Å². The first-order chi connectivity index (χ1) is 16.9. The van der Waals surface area contributed by atoms with Crippen LogP contribution in [-0.2, 0) is 14.3 Å². The van der Waals surface area contributed by atoms with E-state index in [1.54, 1.807) is 23.6 Å². The number of aliphatic carboxylic acids is 1. The fourth-order valence-corrected chi connectivity index (χ4v) is 5.73. The maximum absolute atomic E-state index is 13.4. The molecule has 1 saturated heterocycles. The van der Waals surface area contributed by atoms with E-state index in [1.165, 1.54) is 0 Å². The molecule has 35 heavy (non-hydrogen) atoms. The average Bonchev–Trinajstić information content (AvgIpc) is 3.18. The molecule has 0 spiro atoms. The van der Waals surface area contributed by atoms with Crippen LogP contribution >= 0.6 is 11.8 Å². The summed E-state index contributed by atoms with van der Waals surface area (Å²) in [5.41, 5.74) is 4.55. The van der Waals surface area contributed by atoms with Crippen molar-refractivity contribution in [2.45, 2.75) is 44.2 Å². The number of nitrogens with zero attached hydrogens (tertiary/aromatic N) is 1. The molecule has 0 aromatic heterocycles. The topological polar surface area (TPSA) is 95.9 Å². The fourth-order valence-electron chi connectivity index (χ4n) is 5.26. The highest BCUT2D eigenvalue weighted by molar-refractivity contribution is 7.98. The third-order valence-electron chi connectivity index (χ3n) is 7.13. The van der Waals surface area contributed by atoms with Gasteiger partial charge < -0.3 is 20.1 Å². The summed E-state index contributed by atoms with van der Waals surface area (Å²) < 4.78 is 5.65. The van der Waals surface area contributed by atoms with Crippen LogP contribution in [-0.4, -0.2) is 65.2 Å². The van der Waals surface area contributed by atoms with Gasteiger partial charge in [0.05, 0.1) is 5.92 Å². The third kappa shape index (κ3) is 5.32. The highest BCUT2D eigenvalue weighted by Crippen LogP contribution is 2.44. The Balaban J connectivity index is 1.43. The molecule has 7 nitrogen and oxygen atoms in total. The molecular weight excluding hydrogens is 464 g/mol. The molecule has 0 saturated carbocycles. The van der Waals surface area contributed by atoms with Crippen molar-refractivity contribution >= 4 is 29.7 Å². The van der Waals surface area contributed by atoms with E-state index < -0.39 is 30.1 Å². The van der Waals surface area contributed by atoms with Gasteiger partial charge in [-0.1, -0.05) is 48.5 Å². The van der Waals surface area contributed by atoms with Crippen LogP contribution in [0.25, 0.3) is 11.1 Å². The van der Waals surface area contributed by atoms with Crippen LogP contribution in [0.15, 0.2) is 48.5 Å². The zero-order chi connectivity index (χ0) is 24.9. The predicted molar refractivity (Wildman–Crippen MR) is 137 cm³/mol. The summed E-state index contributed by atoms with van der Waals surface area (Å²) in [4.78, 5) is 39.4. The molecule has 8 heteroatoms. The summed E-state index contributed by atoms with van der Waals surface area (Å²) in [5.74, 6) is -1.11. The summed E-state index contributed by atoms with van der Waals surface area (Å²) in [7, 11) is 0. The Hall–Kier alpha value is -3.00. The monoisotopic (exact) mass is 496 g/mol. The largest absolute Gasteiger partial charge is 0.481 e. The first-order valence-electron chi connectivity index (χ1n) is 12.1. The summed E-state index contributed by atoms with van der Waals surface area (Å²) in [5, 5.41) is 12.3. The summed E-state index contributed by atoms with van der Waals surface area (Å²) in [6.07, 6.45) is 2.94. The Labute approximate surface area is 210 Å². The van der Waals surface area contributed by atoms with Gasteiger partial charge in [0, 0.05) is 18.5 Å². The van der Waals surface area contributed by atoms with Gasteiger partial charge in [0.25, 0.3) is 0 Å². The lowest BCUT2D eigenvalue weighted by atomic mass is 9.89. The number of fused-ring (bicyclic) bond motifs is 3. The summed E-state index contributed by atoms with van der Waals surface area (Å²) in [6.45, 7) is 2.44. The quantitative estimate of drug-likeness (QED) is 0.564. The first-order valence-corrected chi connectivity index (χ1v) is 13.5. The second-order valence-electron chi connectivity index (χ2n) is 9.16. The van der Waals surface area contributed by atoms with E-state index in [2.05, 4.69) is 29.6 Å². The third-order valence-corrected chi connectivity index (χ3v) is 7.78. The molecule has 2 amide bonds. The smallest absolute Gasteiger partial charge is 0.407 e. The van der Waals surface area contributed by atoms with Gasteiger partial charge in [0.15, 0.2) is 0 Å². The standard InChI is InChI=1S/C27H32N2O5S/c1-17-18(26(31)32)12-7-14-29(17)25(30)24(13-15-35-2)28-27(33)34-16-23-21-10-5-3-8-19(21)20-9-4-6-11-22(20)23/h3-6,8-11,17-18,23-24H,7,12-16H2,1-2H3,(H,28,33)(H,31,32)/t17-,18-,24?/m0/s1. The van der Waals surface area contributed by atoms with Crippen LogP contribution in [0.3, 0.4) is 0 Å². The number of thioether (sulfide) groups is 1. The minimum Gasteiger partial charge on any atom is -0.481 e. The van der Waals surface area contributed by atoms with E-state index in [1.807, 2.05) is 30.5 Å². The highest BCUT2D eigenvalue weighted by atomic mass is 32.2. The zero-order valence-corrected chi connectivity index (χ0v) is 20.9. The van der Waals surface area contributed by atoms with Crippen molar-refractivity contribution in [2.75, 3.05) is 25.2 Å². The number of rotatable bonds is 8. The van der Waals surface area contributed by atoms with Crippen molar-refractivity contribution in [1.29, 1.82) is 0 Å². The van der Waals surface area contributed by atoms with E-state index >= 15 is 0 Å².